The third-order valence-electron chi connectivity index (χ3n) is 5.02. The van der Waals surface area contributed by atoms with E-state index < -0.39 is 0 Å². The highest BCUT2D eigenvalue weighted by Gasteiger charge is 2.23. The first kappa shape index (κ1) is 18.0. The average Bonchev–Trinajstić information content (AvgIpc) is 3.24. The van der Waals surface area contributed by atoms with E-state index in [1.807, 2.05) is 66.7 Å². The molecule has 1 aliphatic rings. The van der Waals surface area contributed by atoms with Gasteiger partial charge >= 0.3 is 0 Å². The molecule has 0 aliphatic carbocycles. The van der Waals surface area contributed by atoms with Crippen molar-refractivity contribution in [3.05, 3.63) is 84.3 Å². The van der Waals surface area contributed by atoms with Crippen LogP contribution < -0.4 is 10.2 Å². The molecule has 2 aromatic carbocycles. The van der Waals surface area contributed by atoms with Gasteiger partial charge in [0.05, 0.1) is 6.54 Å². The maximum absolute atomic E-state index is 12.4. The molecule has 148 valence electrons. The van der Waals surface area contributed by atoms with Gasteiger partial charge in [-0.05, 0) is 24.3 Å². The molecule has 0 atom stereocenters. The van der Waals surface area contributed by atoms with Crippen molar-refractivity contribution in [3.63, 3.8) is 0 Å². The SMILES string of the molecule is O=C(Nc1ccccc1)c1ccc(N2CCn3c(nnc3-c3ccccc3)C2)nn1. The van der Waals surface area contributed by atoms with Gasteiger partial charge in [-0.15, -0.1) is 20.4 Å². The van der Waals surface area contributed by atoms with Crippen LogP contribution in [-0.4, -0.2) is 37.4 Å². The lowest BCUT2D eigenvalue weighted by Gasteiger charge is -2.28. The van der Waals surface area contributed by atoms with Crippen LogP contribution in [0.4, 0.5) is 11.5 Å². The average molecular weight is 397 g/mol. The lowest BCUT2D eigenvalue weighted by atomic mass is 10.2. The molecule has 2 aromatic heterocycles. The molecule has 4 aromatic rings. The van der Waals surface area contributed by atoms with Crippen molar-refractivity contribution in [1.82, 2.24) is 25.0 Å². The van der Waals surface area contributed by atoms with Crippen LogP contribution in [0.25, 0.3) is 11.4 Å². The molecule has 1 N–H and O–H groups in total. The van der Waals surface area contributed by atoms with Crippen LogP contribution in [0.2, 0.25) is 0 Å². The minimum absolute atomic E-state index is 0.272. The van der Waals surface area contributed by atoms with Crippen LogP contribution in [0, 0.1) is 0 Å². The monoisotopic (exact) mass is 397 g/mol. The molecule has 8 nitrogen and oxygen atoms in total. The first-order chi connectivity index (χ1) is 14.8. The molecule has 3 heterocycles. The molecule has 0 unspecified atom stereocenters. The maximum atomic E-state index is 12.4. The molecule has 8 heteroatoms. The van der Waals surface area contributed by atoms with E-state index in [1.165, 1.54) is 0 Å². The second-order valence-electron chi connectivity index (χ2n) is 6.98. The topological polar surface area (TPSA) is 88.8 Å². The van der Waals surface area contributed by atoms with Gasteiger partial charge in [0.15, 0.2) is 23.2 Å². The van der Waals surface area contributed by atoms with Gasteiger partial charge in [-0.3, -0.25) is 4.79 Å². The summed E-state index contributed by atoms with van der Waals surface area (Å²) in [5, 5.41) is 19.9. The van der Waals surface area contributed by atoms with Crippen LogP contribution in [0.15, 0.2) is 72.8 Å². The second kappa shape index (κ2) is 7.75. The molecule has 30 heavy (non-hydrogen) atoms. The Morgan fingerprint density at radius 2 is 1.57 bits per heavy atom. The van der Waals surface area contributed by atoms with Gasteiger partial charge in [-0.2, -0.15) is 0 Å². The van der Waals surface area contributed by atoms with E-state index in [0.717, 1.165) is 36.0 Å². The predicted octanol–water partition coefficient (Wildman–Crippen LogP) is 3.01. The van der Waals surface area contributed by atoms with Crippen LogP contribution in [0.5, 0.6) is 0 Å². The third-order valence-corrected chi connectivity index (χ3v) is 5.02. The Labute approximate surface area is 173 Å². The Balaban J connectivity index is 1.30. The van der Waals surface area contributed by atoms with Crippen LogP contribution in [0.1, 0.15) is 16.3 Å². The van der Waals surface area contributed by atoms with Crippen molar-refractivity contribution in [2.75, 3.05) is 16.8 Å². The van der Waals surface area contributed by atoms with Gasteiger partial charge < -0.3 is 14.8 Å². The fourth-order valence-electron chi connectivity index (χ4n) is 3.49. The van der Waals surface area contributed by atoms with Crippen molar-refractivity contribution in [1.29, 1.82) is 0 Å². The number of nitrogens with one attached hydrogen (secondary N) is 1. The number of rotatable bonds is 4. The Kier molecular flexibility index (Phi) is 4.65. The molecule has 0 spiro atoms. The Hall–Kier alpha value is -4.07. The summed E-state index contributed by atoms with van der Waals surface area (Å²) in [5.74, 6) is 2.19. The van der Waals surface area contributed by atoms with Gasteiger partial charge in [-0.1, -0.05) is 48.5 Å². The van der Waals surface area contributed by atoms with E-state index in [9.17, 15) is 4.79 Å². The summed E-state index contributed by atoms with van der Waals surface area (Å²) in [6.07, 6.45) is 0. The lowest BCUT2D eigenvalue weighted by molar-refractivity contribution is 0.102. The van der Waals surface area contributed by atoms with Gasteiger partial charge in [0.2, 0.25) is 0 Å². The number of benzene rings is 2. The molecule has 5 rings (SSSR count). The van der Waals surface area contributed by atoms with Gasteiger partial charge in [0.25, 0.3) is 5.91 Å². The quantitative estimate of drug-likeness (QED) is 0.569. The fourth-order valence-corrected chi connectivity index (χ4v) is 3.49. The fraction of sp³-hybridized carbons (Fsp3) is 0.136. The molecule has 0 bridgehead atoms. The van der Waals surface area contributed by atoms with Crippen molar-refractivity contribution in [2.45, 2.75) is 13.1 Å². The number of anilines is 2. The minimum atomic E-state index is -0.286. The number of amides is 1. The van der Waals surface area contributed by atoms with Crippen LogP contribution >= 0.6 is 0 Å². The number of nitrogens with zero attached hydrogens (tertiary/aromatic N) is 6. The number of aromatic nitrogens is 5. The van der Waals surface area contributed by atoms with Crippen LogP contribution in [0.3, 0.4) is 0 Å². The summed E-state index contributed by atoms with van der Waals surface area (Å²) in [6, 6.07) is 22.8. The zero-order valence-corrected chi connectivity index (χ0v) is 16.1. The number of carbonyl (C=O) groups is 1. The van der Waals surface area contributed by atoms with E-state index in [2.05, 4.69) is 35.2 Å². The Morgan fingerprint density at radius 1 is 0.800 bits per heavy atom. The number of para-hydroxylation sites is 1. The largest absolute Gasteiger partial charge is 0.346 e. The molecular formula is C22H19N7O. The number of hydrogen-bond acceptors (Lipinski definition) is 6. The standard InChI is InChI=1S/C22H19N7O/c30-22(23-17-9-5-2-6-10-17)18-11-12-19(25-24-18)28-13-14-29-20(15-28)26-27-21(29)16-7-3-1-4-8-16/h1-12H,13-15H2,(H,23,30). The lowest BCUT2D eigenvalue weighted by Crippen LogP contribution is -2.34. The summed E-state index contributed by atoms with van der Waals surface area (Å²) in [4.78, 5) is 14.4. The molecule has 1 amide bonds. The van der Waals surface area contributed by atoms with Crippen LogP contribution in [-0.2, 0) is 13.1 Å². The summed E-state index contributed by atoms with van der Waals surface area (Å²) >= 11 is 0. The maximum Gasteiger partial charge on any atom is 0.276 e. The summed E-state index contributed by atoms with van der Waals surface area (Å²) < 4.78 is 2.14. The molecular weight excluding hydrogens is 378 g/mol. The molecule has 0 fully saturated rings. The number of fused-ring (bicyclic) bond motifs is 1. The summed E-state index contributed by atoms with van der Waals surface area (Å²) in [7, 11) is 0. The Bertz CT molecular complexity index is 1160. The highest BCUT2D eigenvalue weighted by Crippen LogP contribution is 2.23. The summed E-state index contributed by atoms with van der Waals surface area (Å²) in [6.45, 7) is 2.10. The minimum Gasteiger partial charge on any atom is -0.346 e. The highest BCUT2D eigenvalue weighted by molar-refractivity contribution is 6.02. The van der Waals surface area contributed by atoms with Gasteiger partial charge in [0.1, 0.15) is 0 Å². The molecule has 0 saturated heterocycles. The first-order valence-corrected chi connectivity index (χ1v) is 9.70. The smallest absolute Gasteiger partial charge is 0.276 e. The van der Waals surface area contributed by atoms with E-state index in [-0.39, 0.29) is 11.6 Å². The van der Waals surface area contributed by atoms with Gasteiger partial charge in [0, 0.05) is 24.3 Å². The zero-order valence-electron chi connectivity index (χ0n) is 16.1. The predicted molar refractivity (Wildman–Crippen MR) is 113 cm³/mol. The molecule has 0 radical (unpaired) electrons. The Morgan fingerprint density at radius 3 is 2.30 bits per heavy atom. The number of hydrogen-bond donors (Lipinski definition) is 1. The molecule has 0 saturated carbocycles. The van der Waals surface area contributed by atoms with E-state index in [0.29, 0.717) is 12.4 Å². The normalized spacial score (nSPS) is 13.0. The van der Waals surface area contributed by atoms with Crippen molar-refractivity contribution >= 4 is 17.4 Å². The van der Waals surface area contributed by atoms with Crippen molar-refractivity contribution in [3.8, 4) is 11.4 Å². The first-order valence-electron chi connectivity index (χ1n) is 9.70. The summed E-state index contributed by atoms with van der Waals surface area (Å²) in [5.41, 5.74) is 2.05. The molecule has 1 aliphatic heterocycles. The van der Waals surface area contributed by atoms with Crippen molar-refractivity contribution in [2.24, 2.45) is 0 Å². The second-order valence-corrected chi connectivity index (χ2v) is 6.98. The highest BCUT2D eigenvalue weighted by atomic mass is 16.1. The third kappa shape index (κ3) is 3.50. The van der Waals surface area contributed by atoms with Crippen molar-refractivity contribution < 1.29 is 4.79 Å². The van der Waals surface area contributed by atoms with E-state index in [1.54, 1.807) is 6.07 Å². The van der Waals surface area contributed by atoms with E-state index in [4.69, 9.17) is 0 Å². The number of carbonyl (C=O) groups excluding carboxylic acids is 1. The van der Waals surface area contributed by atoms with E-state index >= 15 is 0 Å². The van der Waals surface area contributed by atoms with Gasteiger partial charge in [-0.25, -0.2) is 0 Å². The zero-order chi connectivity index (χ0) is 20.3.